The smallest absolute Gasteiger partial charge is 0.0418 e. The van der Waals surface area contributed by atoms with Crippen LogP contribution in [0.25, 0.3) is 0 Å². The van der Waals surface area contributed by atoms with Gasteiger partial charge in [0, 0.05) is 15.8 Å². The first kappa shape index (κ1) is 12.1. The fourth-order valence-electron chi connectivity index (χ4n) is 2.64. The van der Waals surface area contributed by atoms with Crippen LogP contribution < -0.4 is 5.73 Å². The van der Waals surface area contributed by atoms with Crippen LogP contribution in [0, 0.1) is 11.8 Å². The van der Waals surface area contributed by atoms with Gasteiger partial charge in [0.2, 0.25) is 0 Å². The highest BCUT2D eigenvalue weighted by Gasteiger charge is 2.25. The van der Waals surface area contributed by atoms with Crippen molar-refractivity contribution < 1.29 is 0 Å². The highest BCUT2D eigenvalue weighted by atomic mass is 32.1. The van der Waals surface area contributed by atoms with Crippen molar-refractivity contribution >= 4 is 11.3 Å². The molecule has 2 N–H and O–H groups in total. The van der Waals surface area contributed by atoms with E-state index in [1.54, 1.807) is 0 Å². The van der Waals surface area contributed by atoms with Crippen molar-refractivity contribution in [3.8, 4) is 0 Å². The van der Waals surface area contributed by atoms with Gasteiger partial charge in [-0.3, -0.25) is 0 Å². The second-order valence-electron chi connectivity index (χ2n) is 5.20. The van der Waals surface area contributed by atoms with E-state index >= 15 is 0 Å². The summed E-state index contributed by atoms with van der Waals surface area (Å²) >= 11 is 1.91. The van der Waals surface area contributed by atoms with Gasteiger partial charge in [-0.15, -0.1) is 11.3 Å². The molecule has 0 radical (unpaired) electrons. The molecule has 1 heterocycles. The maximum absolute atomic E-state index is 6.39. The van der Waals surface area contributed by atoms with E-state index in [0.717, 1.165) is 18.3 Å². The maximum Gasteiger partial charge on any atom is 0.0418 e. The molecule has 1 aromatic rings. The number of nitrogens with two attached hydrogens (primary N) is 1. The predicted octanol–water partition coefficient (Wildman–Crippen LogP) is 4.14. The Hall–Kier alpha value is -0.340. The molecule has 1 atom stereocenters. The van der Waals surface area contributed by atoms with Crippen LogP contribution in [0.1, 0.15) is 55.3 Å². The predicted molar refractivity (Wildman–Crippen MR) is 71.7 cm³/mol. The van der Waals surface area contributed by atoms with E-state index in [9.17, 15) is 0 Å². The molecule has 0 amide bonds. The SMILES string of the molecule is CCc1ccc(C(N)C2CCC(C)CC2)s1. The van der Waals surface area contributed by atoms with E-state index in [-0.39, 0.29) is 6.04 Å². The van der Waals surface area contributed by atoms with Crippen molar-refractivity contribution in [3.63, 3.8) is 0 Å². The quantitative estimate of drug-likeness (QED) is 0.840. The van der Waals surface area contributed by atoms with E-state index in [1.165, 1.54) is 35.4 Å². The van der Waals surface area contributed by atoms with E-state index in [1.807, 2.05) is 11.3 Å². The molecule has 1 aliphatic carbocycles. The zero-order valence-corrected chi connectivity index (χ0v) is 11.2. The summed E-state index contributed by atoms with van der Waals surface area (Å²) in [4.78, 5) is 2.87. The van der Waals surface area contributed by atoms with Gasteiger partial charge in [0.05, 0.1) is 0 Å². The molecule has 0 saturated heterocycles. The van der Waals surface area contributed by atoms with Gasteiger partial charge in [0.25, 0.3) is 0 Å². The molecule has 1 fully saturated rings. The summed E-state index contributed by atoms with van der Waals surface area (Å²) in [6.07, 6.45) is 6.51. The van der Waals surface area contributed by atoms with Crippen molar-refractivity contribution in [2.24, 2.45) is 17.6 Å². The maximum atomic E-state index is 6.39. The van der Waals surface area contributed by atoms with Crippen molar-refractivity contribution in [1.82, 2.24) is 0 Å². The molecule has 1 unspecified atom stereocenters. The summed E-state index contributed by atoms with van der Waals surface area (Å²) in [6.45, 7) is 4.57. The third-order valence-corrected chi connectivity index (χ3v) is 5.26. The Morgan fingerprint density at radius 3 is 2.56 bits per heavy atom. The van der Waals surface area contributed by atoms with Gasteiger partial charge in [-0.05, 0) is 43.2 Å². The molecule has 1 saturated carbocycles. The lowest BCUT2D eigenvalue weighted by Crippen LogP contribution is -2.24. The molecule has 0 aromatic carbocycles. The van der Waals surface area contributed by atoms with Gasteiger partial charge in [0.1, 0.15) is 0 Å². The first-order valence-electron chi connectivity index (χ1n) is 6.55. The van der Waals surface area contributed by atoms with Crippen LogP contribution in [0.2, 0.25) is 0 Å². The van der Waals surface area contributed by atoms with Gasteiger partial charge in [0.15, 0.2) is 0 Å². The van der Waals surface area contributed by atoms with E-state index < -0.39 is 0 Å². The molecule has 90 valence electrons. The van der Waals surface area contributed by atoms with E-state index in [0.29, 0.717) is 0 Å². The Balaban J connectivity index is 1.98. The molecule has 1 aliphatic rings. The number of hydrogen-bond donors (Lipinski definition) is 1. The fourth-order valence-corrected chi connectivity index (χ4v) is 3.69. The molecule has 16 heavy (non-hydrogen) atoms. The lowest BCUT2D eigenvalue weighted by atomic mass is 9.79. The van der Waals surface area contributed by atoms with Crippen molar-refractivity contribution in [1.29, 1.82) is 0 Å². The van der Waals surface area contributed by atoms with Crippen molar-refractivity contribution in [2.75, 3.05) is 0 Å². The summed E-state index contributed by atoms with van der Waals surface area (Å²) < 4.78 is 0. The Labute approximate surface area is 103 Å². The summed E-state index contributed by atoms with van der Waals surface area (Å²) in [6, 6.07) is 4.77. The monoisotopic (exact) mass is 237 g/mol. The van der Waals surface area contributed by atoms with Crippen LogP contribution in [0.15, 0.2) is 12.1 Å². The summed E-state index contributed by atoms with van der Waals surface area (Å²) in [5.41, 5.74) is 6.39. The number of rotatable bonds is 3. The van der Waals surface area contributed by atoms with Crippen molar-refractivity contribution in [3.05, 3.63) is 21.9 Å². The average Bonchev–Trinajstić information content (AvgIpc) is 2.77. The second-order valence-corrected chi connectivity index (χ2v) is 6.40. The highest BCUT2D eigenvalue weighted by Crippen LogP contribution is 2.37. The molecule has 2 rings (SSSR count). The molecule has 0 spiro atoms. The topological polar surface area (TPSA) is 26.0 Å². The van der Waals surface area contributed by atoms with Gasteiger partial charge in [-0.2, -0.15) is 0 Å². The molecule has 2 heteroatoms. The average molecular weight is 237 g/mol. The van der Waals surface area contributed by atoms with Crippen molar-refractivity contribution in [2.45, 2.75) is 52.0 Å². The third kappa shape index (κ3) is 2.67. The van der Waals surface area contributed by atoms with Crippen LogP contribution in [0.5, 0.6) is 0 Å². The minimum absolute atomic E-state index is 0.290. The number of hydrogen-bond acceptors (Lipinski definition) is 2. The lowest BCUT2D eigenvalue weighted by molar-refractivity contribution is 0.258. The molecule has 1 nitrogen and oxygen atoms in total. The minimum Gasteiger partial charge on any atom is -0.323 e. The Morgan fingerprint density at radius 2 is 2.00 bits per heavy atom. The third-order valence-electron chi connectivity index (χ3n) is 3.93. The molecule has 0 bridgehead atoms. The lowest BCUT2D eigenvalue weighted by Gasteiger charge is -2.30. The first-order chi connectivity index (χ1) is 7.70. The molecule has 0 aliphatic heterocycles. The van der Waals surface area contributed by atoms with E-state index in [2.05, 4.69) is 26.0 Å². The zero-order chi connectivity index (χ0) is 11.5. The minimum atomic E-state index is 0.290. The fraction of sp³-hybridized carbons (Fsp3) is 0.714. The Bertz CT molecular complexity index is 323. The van der Waals surface area contributed by atoms with Crippen LogP contribution >= 0.6 is 11.3 Å². The van der Waals surface area contributed by atoms with Gasteiger partial charge in [-0.1, -0.05) is 26.7 Å². The van der Waals surface area contributed by atoms with E-state index in [4.69, 9.17) is 5.73 Å². The largest absolute Gasteiger partial charge is 0.323 e. The molecule has 1 aromatic heterocycles. The van der Waals surface area contributed by atoms with Gasteiger partial charge >= 0.3 is 0 Å². The summed E-state index contributed by atoms with van der Waals surface area (Å²) in [5, 5.41) is 0. The van der Waals surface area contributed by atoms with Crippen LogP contribution in [0.3, 0.4) is 0 Å². The van der Waals surface area contributed by atoms with Crippen LogP contribution in [-0.2, 0) is 6.42 Å². The van der Waals surface area contributed by atoms with Crippen LogP contribution in [0.4, 0.5) is 0 Å². The summed E-state index contributed by atoms with van der Waals surface area (Å²) in [7, 11) is 0. The highest BCUT2D eigenvalue weighted by molar-refractivity contribution is 7.12. The second kappa shape index (κ2) is 5.33. The Morgan fingerprint density at radius 1 is 1.31 bits per heavy atom. The first-order valence-corrected chi connectivity index (χ1v) is 7.36. The zero-order valence-electron chi connectivity index (χ0n) is 10.4. The Kier molecular flexibility index (Phi) is 4.04. The summed E-state index contributed by atoms with van der Waals surface area (Å²) in [5.74, 6) is 1.64. The standard InChI is InChI=1S/C14H23NS/c1-3-12-8-9-13(16-12)14(15)11-6-4-10(2)5-7-11/h8-11,14H,3-7,15H2,1-2H3. The molecular formula is C14H23NS. The van der Waals surface area contributed by atoms with Gasteiger partial charge in [-0.25, -0.2) is 0 Å². The van der Waals surface area contributed by atoms with Crippen LogP contribution in [-0.4, -0.2) is 0 Å². The normalized spacial score (nSPS) is 27.9. The number of thiophene rings is 1. The number of aryl methyl sites for hydroxylation is 1. The van der Waals surface area contributed by atoms with Gasteiger partial charge < -0.3 is 5.73 Å². The molecular weight excluding hydrogens is 214 g/mol.